The minimum absolute atomic E-state index is 0.0339. The van der Waals surface area contributed by atoms with Crippen LogP contribution >= 0.6 is 0 Å². The molecule has 4 aromatic rings. The molecule has 0 saturated carbocycles. The minimum atomic E-state index is -0.230. The highest BCUT2D eigenvalue weighted by atomic mass is 19.1. The van der Waals surface area contributed by atoms with E-state index in [2.05, 4.69) is 17.0 Å². The van der Waals surface area contributed by atoms with Gasteiger partial charge < -0.3 is 4.90 Å². The maximum Gasteiger partial charge on any atom is 0.254 e. The molecule has 1 heterocycles. The molecule has 1 fully saturated rings. The van der Waals surface area contributed by atoms with Crippen LogP contribution in [0.1, 0.15) is 27.5 Å². The van der Waals surface area contributed by atoms with Crippen LogP contribution in [0.25, 0.3) is 10.8 Å². The molecular formula is C28H25FN2O. The van der Waals surface area contributed by atoms with E-state index in [1.165, 1.54) is 17.7 Å². The van der Waals surface area contributed by atoms with Gasteiger partial charge in [-0.2, -0.15) is 0 Å². The Bertz CT molecular complexity index is 1210. The number of halogens is 1. The van der Waals surface area contributed by atoms with Crippen molar-refractivity contribution in [2.45, 2.75) is 6.04 Å². The summed E-state index contributed by atoms with van der Waals surface area (Å²) in [6, 6.07) is 31.0. The number of carbonyl (C=O) groups is 1. The monoisotopic (exact) mass is 424 g/mol. The Hall–Kier alpha value is -3.50. The van der Waals surface area contributed by atoms with E-state index in [-0.39, 0.29) is 17.8 Å². The van der Waals surface area contributed by atoms with Crippen LogP contribution in [0.2, 0.25) is 0 Å². The molecule has 1 unspecified atom stereocenters. The van der Waals surface area contributed by atoms with E-state index in [0.717, 1.165) is 35.0 Å². The lowest BCUT2D eigenvalue weighted by molar-refractivity contribution is 0.0599. The van der Waals surface area contributed by atoms with E-state index in [4.69, 9.17) is 0 Å². The highest BCUT2D eigenvalue weighted by Gasteiger charge is 2.29. The van der Waals surface area contributed by atoms with E-state index in [9.17, 15) is 9.18 Å². The Balaban J connectivity index is 1.37. The first-order valence-corrected chi connectivity index (χ1v) is 11.0. The van der Waals surface area contributed by atoms with E-state index in [1.807, 2.05) is 77.7 Å². The molecule has 5 rings (SSSR count). The SMILES string of the molecule is O=C(c1cccc2ccccc12)N1CCN(C(c2ccccc2)c2ccc(F)cc2)CC1. The molecule has 1 saturated heterocycles. The van der Waals surface area contributed by atoms with Gasteiger partial charge in [-0.1, -0.05) is 78.9 Å². The van der Waals surface area contributed by atoms with Gasteiger partial charge in [0, 0.05) is 31.7 Å². The predicted molar refractivity (Wildman–Crippen MR) is 126 cm³/mol. The summed E-state index contributed by atoms with van der Waals surface area (Å²) in [7, 11) is 0. The molecular weight excluding hydrogens is 399 g/mol. The number of amides is 1. The second-order valence-electron chi connectivity index (χ2n) is 8.22. The molecule has 0 aliphatic carbocycles. The maximum atomic E-state index is 13.5. The summed E-state index contributed by atoms with van der Waals surface area (Å²) in [4.78, 5) is 17.7. The molecule has 0 aromatic heterocycles. The molecule has 3 nitrogen and oxygen atoms in total. The highest BCUT2D eigenvalue weighted by Crippen LogP contribution is 2.30. The molecule has 0 radical (unpaired) electrons. The van der Waals surface area contributed by atoms with Crippen LogP contribution < -0.4 is 0 Å². The Labute approximate surface area is 187 Å². The molecule has 1 aliphatic heterocycles. The number of piperazine rings is 1. The summed E-state index contributed by atoms with van der Waals surface area (Å²) >= 11 is 0. The molecule has 4 heteroatoms. The van der Waals surface area contributed by atoms with Crippen LogP contribution in [0.5, 0.6) is 0 Å². The predicted octanol–water partition coefficient (Wildman–Crippen LogP) is 5.53. The van der Waals surface area contributed by atoms with Gasteiger partial charge in [-0.15, -0.1) is 0 Å². The topological polar surface area (TPSA) is 23.6 Å². The standard InChI is InChI=1S/C28H25FN2O/c29-24-15-13-23(14-16-24)27(22-8-2-1-3-9-22)30-17-19-31(20-18-30)28(32)26-12-6-10-21-7-4-5-11-25(21)26/h1-16,27H,17-20H2. The van der Waals surface area contributed by atoms with Crippen molar-refractivity contribution in [2.75, 3.05) is 26.2 Å². The third-order valence-electron chi connectivity index (χ3n) is 6.29. The smallest absolute Gasteiger partial charge is 0.254 e. The number of fused-ring (bicyclic) bond motifs is 1. The van der Waals surface area contributed by atoms with Gasteiger partial charge >= 0.3 is 0 Å². The van der Waals surface area contributed by atoms with Crippen LogP contribution in [0, 0.1) is 5.82 Å². The molecule has 0 bridgehead atoms. The first-order chi connectivity index (χ1) is 15.7. The quantitative estimate of drug-likeness (QED) is 0.430. The summed E-state index contributed by atoms with van der Waals surface area (Å²) in [5.74, 6) is -0.148. The van der Waals surface area contributed by atoms with Gasteiger partial charge in [-0.05, 0) is 40.1 Å². The molecule has 1 amide bonds. The minimum Gasteiger partial charge on any atom is -0.336 e. The van der Waals surface area contributed by atoms with Gasteiger partial charge in [0.05, 0.1) is 6.04 Å². The van der Waals surface area contributed by atoms with Gasteiger partial charge in [0.2, 0.25) is 0 Å². The molecule has 32 heavy (non-hydrogen) atoms. The van der Waals surface area contributed by atoms with Crippen LogP contribution in [0.15, 0.2) is 97.1 Å². The fourth-order valence-corrected chi connectivity index (χ4v) is 4.66. The van der Waals surface area contributed by atoms with Gasteiger partial charge in [-0.25, -0.2) is 4.39 Å². The second-order valence-corrected chi connectivity index (χ2v) is 8.22. The largest absolute Gasteiger partial charge is 0.336 e. The highest BCUT2D eigenvalue weighted by molar-refractivity contribution is 6.07. The zero-order chi connectivity index (χ0) is 21.9. The lowest BCUT2D eigenvalue weighted by atomic mass is 9.96. The summed E-state index contributed by atoms with van der Waals surface area (Å²) in [5, 5.41) is 2.08. The first kappa shape index (κ1) is 20.4. The number of hydrogen-bond donors (Lipinski definition) is 0. The fourth-order valence-electron chi connectivity index (χ4n) is 4.66. The van der Waals surface area contributed by atoms with Crippen LogP contribution in [-0.2, 0) is 0 Å². The molecule has 1 atom stereocenters. The Kier molecular flexibility index (Phi) is 5.70. The van der Waals surface area contributed by atoms with Crippen molar-refractivity contribution < 1.29 is 9.18 Å². The molecule has 4 aromatic carbocycles. The van der Waals surface area contributed by atoms with Gasteiger partial charge in [0.15, 0.2) is 0 Å². The van der Waals surface area contributed by atoms with E-state index in [0.29, 0.717) is 13.1 Å². The zero-order valence-electron chi connectivity index (χ0n) is 17.8. The van der Waals surface area contributed by atoms with Crippen LogP contribution in [-0.4, -0.2) is 41.9 Å². The lowest BCUT2D eigenvalue weighted by Gasteiger charge is -2.40. The van der Waals surface area contributed by atoms with Crippen molar-refractivity contribution >= 4 is 16.7 Å². The van der Waals surface area contributed by atoms with Gasteiger partial charge in [0.1, 0.15) is 5.82 Å². The van der Waals surface area contributed by atoms with Crippen molar-refractivity contribution in [3.05, 3.63) is 120 Å². The van der Waals surface area contributed by atoms with Crippen molar-refractivity contribution in [1.82, 2.24) is 9.80 Å². The molecule has 160 valence electrons. The van der Waals surface area contributed by atoms with Crippen molar-refractivity contribution in [3.63, 3.8) is 0 Å². The Morgan fingerprint density at radius 1 is 0.688 bits per heavy atom. The third kappa shape index (κ3) is 4.02. The number of carbonyl (C=O) groups excluding carboxylic acids is 1. The van der Waals surface area contributed by atoms with E-state index < -0.39 is 0 Å². The third-order valence-corrected chi connectivity index (χ3v) is 6.29. The summed E-state index contributed by atoms with van der Waals surface area (Å²) in [5.41, 5.74) is 2.99. The number of benzene rings is 4. The van der Waals surface area contributed by atoms with E-state index in [1.54, 1.807) is 0 Å². The van der Waals surface area contributed by atoms with Crippen molar-refractivity contribution in [2.24, 2.45) is 0 Å². The number of hydrogen-bond acceptors (Lipinski definition) is 2. The normalized spacial score (nSPS) is 15.6. The molecule has 1 aliphatic rings. The summed E-state index contributed by atoms with van der Waals surface area (Å²) in [6.45, 7) is 2.83. The summed E-state index contributed by atoms with van der Waals surface area (Å²) in [6.07, 6.45) is 0. The van der Waals surface area contributed by atoms with Crippen LogP contribution in [0.3, 0.4) is 0 Å². The first-order valence-electron chi connectivity index (χ1n) is 11.0. The fraction of sp³-hybridized carbons (Fsp3) is 0.179. The number of nitrogens with zero attached hydrogens (tertiary/aromatic N) is 2. The second kappa shape index (κ2) is 8.93. The average Bonchev–Trinajstić information content (AvgIpc) is 2.86. The average molecular weight is 425 g/mol. The molecule has 0 spiro atoms. The molecule has 0 N–H and O–H groups in total. The van der Waals surface area contributed by atoms with E-state index >= 15 is 0 Å². The zero-order valence-corrected chi connectivity index (χ0v) is 17.8. The lowest BCUT2D eigenvalue weighted by Crippen LogP contribution is -2.49. The van der Waals surface area contributed by atoms with Gasteiger partial charge in [0.25, 0.3) is 5.91 Å². The van der Waals surface area contributed by atoms with Gasteiger partial charge in [-0.3, -0.25) is 9.69 Å². The maximum absolute atomic E-state index is 13.5. The van der Waals surface area contributed by atoms with Crippen molar-refractivity contribution in [3.8, 4) is 0 Å². The number of rotatable bonds is 4. The van der Waals surface area contributed by atoms with Crippen molar-refractivity contribution in [1.29, 1.82) is 0 Å². The van der Waals surface area contributed by atoms with Crippen LogP contribution in [0.4, 0.5) is 4.39 Å². The Morgan fingerprint density at radius 3 is 2.06 bits per heavy atom. The summed E-state index contributed by atoms with van der Waals surface area (Å²) < 4.78 is 13.5. The Morgan fingerprint density at radius 2 is 1.31 bits per heavy atom.